The molecule has 8 heteroatoms. The fourth-order valence-corrected chi connectivity index (χ4v) is 2.68. The zero-order valence-electron chi connectivity index (χ0n) is 17.5. The van der Waals surface area contributed by atoms with E-state index in [9.17, 15) is 14.4 Å². The standard InChI is InChI=1S/C24H21N3O5/c1-16-5-3-7-19(13-16)26-22(28)23(29)27-25-15-17-6-4-8-21(14-17)32-24(30)18-9-11-20(31-2)12-10-18/h3-15H,1-2H3,(H,26,28)(H,27,29)/b25-15-. The van der Waals surface area contributed by atoms with Gasteiger partial charge in [0, 0.05) is 5.69 Å². The van der Waals surface area contributed by atoms with E-state index in [-0.39, 0.29) is 0 Å². The number of aryl methyl sites for hydroxylation is 1. The molecule has 3 aromatic carbocycles. The van der Waals surface area contributed by atoms with Gasteiger partial charge >= 0.3 is 17.8 Å². The van der Waals surface area contributed by atoms with Crippen LogP contribution in [0.5, 0.6) is 11.5 Å². The Bertz CT molecular complexity index is 1160. The first-order valence-corrected chi connectivity index (χ1v) is 9.62. The number of amides is 2. The molecule has 3 rings (SSSR count). The maximum Gasteiger partial charge on any atom is 0.343 e. The smallest absolute Gasteiger partial charge is 0.343 e. The van der Waals surface area contributed by atoms with Crippen LogP contribution in [0.4, 0.5) is 5.69 Å². The van der Waals surface area contributed by atoms with Crippen LogP contribution < -0.4 is 20.2 Å². The van der Waals surface area contributed by atoms with Crippen molar-refractivity contribution in [3.05, 3.63) is 89.5 Å². The van der Waals surface area contributed by atoms with E-state index in [1.807, 2.05) is 13.0 Å². The summed E-state index contributed by atoms with van der Waals surface area (Å²) in [5.41, 5.74) is 4.56. The molecule has 2 N–H and O–H groups in total. The number of hydrogen-bond acceptors (Lipinski definition) is 6. The fourth-order valence-electron chi connectivity index (χ4n) is 2.68. The van der Waals surface area contributed by atoms with E-state index in [0.29, 0.717) is 28.3 Å². The first kappa shape index (κ1) is 22.2. The summed E-state index contributed by atoms with van der Waals surface area (Å²) in [5, 5.41) is 6.27. The van der Waals surface area contributed by atoms with Crippen LogP contribution in [0.25, 0.3) is 0 Å². The highest BCUT2D eigenvalue weighted by molar-refractivity contribution is 6.39. The van der Waals surface area contributed by atoms with E-state index < -0.39 is 17.8 Å². The van der Waals surface area contributed by atoms with E-state index in [2.05, 4.69) is 15.8 Å². The largest absolute Gasteiger partial charge is 0.497 e. The molecule has 0 aliphatic carbocycles. The first-order valence-electron chi connectivity index (χ1n) is 9.62. The molecule has 0 saturated carbocycles. The number of nitrogens with one attached hydrogen (secondary N) is 2. The van der Waals surface area contributed by atoms with Crippen molar-refractivity contribution in [1.82, 2.24) is 5.43 Å². The normalized spacial score (nSPS) is 10.4. The number of carbonyl (C=O) groups excluding carboxylic acids is 3. The maximum atomic E-state index is 12.3. The summed E-state index contributed by atoms with van der Waals surface area (Å²) in [5.74, 6) is -1.34. The van der Waals surface area contributed by atoms with Gasteiger partial charge in [0.15, 0.2) is 0 Å². The minimum atomic E-state index is -0.912. The number of ether oxygens (including phenoxy) is 2. The van der Waals surface area contributed by atoms with Crippen molar-refractivity contribution in [3.8, 4) is 11.5 Å². The van der Waals surface area contributed by atoms with Gasteiger partial charge in [-0.15, -0.1) is 0 Å². The van der Waals surface area contributed by atoms with Crippen LogP contribution in [-0.2, 0) is 9.59 Å². The molecule has 0 unspecified atom stereocenters. The Morgan fingerprint density at radius 2 is 1.62 bits per heavy atom. The molecule has 162 valence electrons. The molecule has 0 atom stereocenters. The van der Waals surface area contributed by atoms with Crippen LogP contribution in [0.1, 0.15) is 21.5 Å². The second kappa shape index (κ2) is 10.5. The number of nitrogens with zero attached hydrogens (tertiary/aromatic N) is 1. The molecule has 0 aliphatic heterocycles. The highest BCUT2D eigenvalue weighted by atomic mass is 16.5. The number of anilines is 1. The third-order valence-corrected chi connectivity index (χ3v) is 4.26. The molecular weight excluding hydrogens is 410 g/mol. The summed E-state index contributed by atoms with van der Waals surface area (Å²) in [6.07, 6.45) is 1.34. The molecule has 0 saturated heterocycles. The Morgan fingerprint density at radius 1 is 0.875 bits per heavy atom. The zero-order chi connectivity index (χ0) is 22.9. The van der Waals surface area contributed by atoms with Gasteiger partial charge in [-0.2, -0.15) is 5.10 Å². The van der Waals surface area contributed by atoms with E-state index in [1.54, 1.807) is 73.8 Å². The molecular formula is C24H21N3O5. The topological polar surface area (TPSA) is 106 Å². The Morgan fingerprint density at radius 3 is 2.34 bits per heavy atom. The predicted molar refractivity (Wildman–Crippen MR) is 120 cm³/mol. The Labute approximate surface area is 184 Å². The van der Waals surface area contributed by atoms with Crippen LogP contribution in [0, 0.1) is 6.92 Å². The number of rotatable bonds is 6. The van der Waals surface area contributed by atoms with E-state index >= 15 is 0 Å². The van der Waals surface area contributed by atoms with Gasteiger partial charge in [-0.05, 0) is 66.6 Å². The molecule has 0 aromatic heterocycles. The number of esters is 1. The minimum absolute atomic E-state index is 0.304. The maximum absolute atomic E-state index is 12.3. The summed E-state index contributed by atoms with van der Waals surface area (Å²) >= 11 is 0. The van der Waals surface area contributed by atoms with Gasteiger partial charge < -0.3 is 14.8 Å². The van der Waals surface area contributed by atoms with Gasteiger partial charge in [-0.1, -0.05) is 24.3 Å². The molecule has 0 spiro atoms. The van der Waals surface area contributed by atoms with Gasteiger partial charge in [0.1, 0.15) is 11.5 Å². The van der Waals surface area contributed by atoms with Crippen molar-refractivity contribution < 1.29 is 23.9 Å². The Hall–Kier alpha value is -4.46. The summed E-state index contributed by atoms with van der Waals surface area (Å²) in [6, 6.07) is 20.2. The van der Waals surface area contributed by atoms with Crippen molar-refractivity contribution in [2.24, 2.45) is 5.10 Å². The van der Waals surface area contributed by atoms with Gasteiger partial charge in [0.25, 0.3) is 0 Å². The van der Waals surface area contributed by atoms with Crippen molar-refractivity contribution in [1.29, 1.82) is 0 Å². The van der Waals surface area contributed by atoms with E-state index in [0.717, 1.165) is 5.56 Å². The fraction of sp³-hybridized carbons (Fsp3) is 0.0833. The van der Waals surface area contributed by atoms with Crippen LogP contribution in [0.2, 0.25) is 0 Å². The molecule has 0 aliphatic rings. The van der Waals surface area contributed by atoms with Crippen LogP contribution in [0.15, 0.2) is 77.9 Å². The number of benzene rings is 3. The van der Waals surface area contributed by atoms with E-state index in [4.69, 9.17) is 9.47 Å². The lowest BCUT2D eigenvalue weighted by molar-refractivity contribution is -0.136. The average molecular weight is 431 g/mol. The molecule has 0 heterocycles. The lowest BCUT2D eigenvalue weighted by atomic mass is 10.2. The van der Waals surface area contributed by atoms with Gasteiger partial charge in [0.2, 0.25) is 0 Å². The zero-order valence-corrected chi connectivity index (χ0v) is 17.5. The van der Waals surface area contributed by atoms with Crippen LogP contribution in [-0.4, -0.2) is 31.1 Å². The molecule has 8 nitrogen and oxygen atoms in total. The highest BCUT2D eigenvalue weighted by Crippen LogP contribution is 2.16. The van der Waals surface area contributed by atoms with Gasteiger partial charge in [0.05, 0.1) is 18.9 Å². The second-order valence-corrected chi connectivity index (χ2v) is 6.71. The van der Waals surface area contributed by atoms with Gasteiger partial charge in [-0.25, -0.2) is 10.2 Å². The average Bonchev–Trinajstić information content (AvgIpc) is 2.79. The predicted octanol–water partition coefficient (Wildman–Crippen LogP) is 3.31. The lowest BCUT2D eigenvalue weighted by Crippen LogP contribution is -2.32. The van der Waals surface area contributed by atoms with Crippen molar-refractivity contribution in [2.75, 3.05) is 12.4 Å². The summed E-state index contributed by atoms with van der Waals surface area (Å²) in [7, 11) is 1.54. The molecule has 3 aromatic rings. The number of carbonyl (C=O) groups is 3. The quantitative estimate of drug-likeness (QED) is 0.205. The summed E-state index contributed by atoms with van der Waals surface area (Å²) in [4.78, 5) is 36.2. The van der Waals surface area contributed by atoms with Crippen LogP contribution >= 0.6 is 0 Å². The monoisotopic (exact) mass is 431 g/mol. The summed E-state index contributed by atoms with van der Waals surface area (Å²) < 4.78 is 10.4. The number of hydrazone groups is 1. The molecule has 0 bridgehead atoms. The second-order valence-electron chi connectivity index (χ2n) is 6.71. The van der Waals surface area contributed by atoms with Crippen molar-refractivity contribution in [2.45, 2.75) is 6.92 Å². The molecule has 0 fully saturated rings. The first-order chi connectivity index (χ1) is 15.4. The minimum Gasteiger partial charge on any atom is -0.497 e. The molecule has 0 radical (unpaired) electrons. The van der Waals surface area contributed by atoms with E-state index in [1.165, 1.54) is 6.21 Å². The molecule has 2 amide bonds. The third-order valence-electron chi connectivity index (χ3n) is 4.26. The Balaban J connectivity index is 1.55. The van der Waals surface area contributed by atoms with Crippen molar-refractivity contribution >= 4 is 29.7 Å². The van der Waals surface area contributed by atoms with Crippen LogP contribution in [0.3, 0.4) is 0 Å². The van der Waals surface area contributed by atoms with Crippen molar-refractivity contribution in [3.63, 3.8) is 0 Å². The number of methoxy groups -OCH3 is 1. The third kappa shape index (κ3) is 6.27. The SMILES string of the molecule is COc1ccc(C(=O)Oc2cccc(/C=N\NC(=O)C(=O)Nc3cccc(C)c3)c2)cc1. The van der Waals surface area contributed by atoms with Gasteiger partial charge in [-0.3, -0.25) is 9.59 Å². The highest BCUT2D eigenvalue weighted by Gasteiger charge is 2.13. The Kier molecular flexibility index (Phi) is 7.32. The molecule has 32 heavy (non-hydrogen) atoms. The summed E-state index contributed by atoms with van der Waals surface area (Å²) in [6.45, 7) is 1.88. The lowest BCUT2D eigenvalue weighted by Gasteiger charge is -2.06. The number of hydrogen-bond donors (Lipinski definition) is 2.